The highest BCUT2D eigenvalue weighted by molar-refractivity contribution is 7.10. The smallest absolute Gasteiger partial charge is 0.249 e. The van der Waals surface area contributed by atoms with E-state index in [9.17, 15) is 10.0 Å². The number of alkyl halides is 1. The van der Waals surface area contributed by atoms with Crippen molar-refractivity contribution in [2.75, 3.05) is 45.7 Å². The van der Waals surface area contributed by atoms with Crippen LogP contribution in [0.2, 0.25) is 0 Å². The molecule has 37 heavy (non-hydrogen) atoms. The van der Waals surface area contributed by atoms with Gasteiger partial charge in [0.2, 0.25) is 5.91 Å². The number of piperidine rings is 1. The average Bonchev–Trinajstić information content (AvgIpc) is 3.44. The first-order chi connectivity index (χ1) is 17.9. The summed E-state index contributed by atoms with van der Waals surface area (Å²) in [6.07, 6.45) is 1.87. The van der Waals surface area contributed by atoms with Crippen molar-refractivity contribution in [1.82, 2.24) is 15.4 Å². The number of nitrogens with one attached hydrogen (secondary N) is 1. The second-order valence-electron chi connectivity index (χ2n) is 9.62. The van der Waals surface area contributed by atoms with Gasteiger partial charge in [-0.25, -0.2) is 9.87 Å². The molecule has 2 aromatic heterocycles. The summed E-state index contributed by atoms with van der Waals surface area (Å²) >= 11 is 1.61. The highest BCUT2D eigenvalue weighted by atomic mass is 32.1. The molecule has 196 valence electrons. The van der Waals surface area contributed by atoms with Crippen LogP contribution in [0.15, 0.2) is 41.9 Å². The van der Waals surface area contributed by atoms with Gasteiger partial charge >= 0.3 is 0 Å². The van der Waals surface area contributed by atoms with Crippen LogP contribution < -0.4 is 15.1 Å². The lowest BCUT2D eigenvalue weighted by atomic mass is 9.73. The summed E-state index contributed by atoms with van der Waals surface area (Å²) in [7, 11) is 5.29. The molecule has 1 atom stereocenters. The maximum Gasteiger partial charge on any atom is 0.249 e. The van der Waals surface area contributed by atoms with Gasteiger partial charge in [0.05, 0.1) is 41.3 Å². The van der Waals surface area contributed by atoms with Crippen molar-refractivity contribution in [3.63, 3.8) is 0 Å². The number of methoxy groups -OCH3 is 1. The van der Waals surface area contributed by atoms with Crippen LogP contribution in [0, 0.1) is 17.3 Å². The van der Waals surface area contributed by atoms with E-state index in [0.29, 0.717) is 66.8 Å². The molecule has 2 N–H and O–H groups in total. The number of likely N-dealkylation sites (tertiary alicyclic amines) is 1. The number of nitrogens with zero attached hydrogens (tertiary/aromatic N) is 3. The quantitative estimate of drug-likeness (QED) is 0.250. The summed E-state index contributed by atoms with van der Waals surface area (Å²) in [5, 5.41) is 12.2. The Morgan fingerprint density at radius 3 is 2.78 bits per heavy atom. The Kier molecular flexibility index (Phi) is 8.64. The van der Waals surface area contributed by atoms with Gasteiger partial charge in [0.1, 0.15) is 11.9 Å². The lowest BCUT2D eigenvalue weighted by molar-refractivity contribution is -0.143. The first-order valence-corrected chi connectivity index (χ1v) is 13.2. The lowest BCUT2D eigenvalue weighted by Crippen LogP contribution is -2.48. The first-order valence-electron chi connectivity index (χ1n) is 12.3. The number of aromatic nitrogens is 1. The number of halogens is 1. The van der Waals surface area contributed by atoms with Crippen molar-refractivity contribution >= 4 is 33.8 Å². The molecular weight excluding hydrogens is 491 g/mol. The molecule has 9 heteroatoms. The third kappa shape index (κ3) is 6.04. The molecule has 1 amide bonds. The number of hydrogen-bond acceptors (Lipinski definition) is 7. The van der Waals surface area contributed by atoms with E-state index in [-0.39, 0.29) is 6.42 Å². The third-order valence-corrected chi connectivity index (χ3v) is 7.98. The van der Waals surface area contributed by atoms with E-state index in [2.05, 4.69) is 21.7 Å². The Morgan fingerprint density at radius 1 is 1.35 bits per heavy atom. The molecule has 3 heterocycles. The van der Waals surface area contributed by atoms with E-state index < -0.39 is 17.5 Å². The van der Waals surface area contributed by atoms with Crippen molar-refractivity contribution in [3.05, 3.63) is 52.3 Å². The second kappa shape index (κ2) is 11.9. The molecule has 1 saturated heterocycles. The minimum atomic E-state index is -1.33. The Bertz CT molecular complexity index is 1280. The van der Waals surface area contributed by atoms with E-state index in [1.54, 1.807) is 30.7 Å². The van der Waals surface area contributed by atoms with Gasteiger partial charge < -0.3 is 9.64 Å². The van der Waals surface area contributed by atoms with Crippen LogP contribution in [0.3, 0.4) is 0 Å². The first kappa shape index (κ1) is 26.9. The fourth-order valence-electron chi connectivity index (χ4n) is 4.98. The predicted molar refractivity (Wildman–Crippen MR) is 145 cm³/mol. The van der Waals surface area contributed by atoms with Gasteiger partial charge in [0.15, 0.2) is 0 Å². The molecule has 0 bridgehead atoms. The van der Waals surface area contributed by atoms with Crippen LogP contribution in [0.4, 0.5) is 10.1 Å². The molecule has 1 aromatic carbocycles. The monoisotopic (exact) mass is 524 g/mol. The summed E-state index contributed by atoms with van der Waals surface area (Å²) < 4.78 is 21.4. The summed E-state index contributed by atoms with van der Waals surface area (Å²) in [6.45, 7) is 1.92. The summed E-state index contributed by atoms with van der Waals surface area (Å²) in [5.74, 6) is 6.54. The van der Waals surface area contributed by atoms with Gasteiger partial charge in [0, 0.05) is 38.1 Å². The number of hydrogen-bond donors (Lipinski definition) is 2. The number of anilines is 1. The van der Waals surface area contributed by atoms with Crippen LogP contribution >= 0.6 is 11.3 Å². The van der Waals surface area contributed by atoms with Crippen molar-refractivity contribution in [1.29, 1.82) is 0 Å². The fourth-order valence-corrected chi connectivity index (χ4v) is 5.57. The lowest BCUT2D eigenvalue weighted by Gasteiger charge is -2.40. The number of benzene rings is 1. The number of amides is 1. The van der Waals surface area contributed by atoms with Crippen LogP contribution in [0.1, 0.15) is 42.3 Å². The third-order valence-electron chi connectivity index (χ3n) is 7.20. The molecule has 3 aromatic rings. The summed E-state index contributed by atoms with van der Waals surface area (Å²) in [6, 6.07) is 9.40. The normalized spacial score (nSPS) is 16.0. The number of carbonyl (C=O) groups excluding carboxylic acids is 1. The minimum absolute atomic E-state index is 0.142. The van der Waals surface area contributed by atoms with Gasteiger partial charge in [-0.1, -0.05) is 17.9 Å². The number of pyridine rings is 1. The molecule has 1 fully saturated rings. The molecule has 1 aliphatic rings. The average molecular weight is 525 g/mol. The molecule has 7 nitrogen and oxygen atoms in total. The molecular formula is C28H33FN4O3S. The number of fused-ring (bicyclic) bond motifs is 1. The molecule has 0 unspecified atom stereocenters. The van der Waals surface area contributed by atoms with Gasteiger partial charge in [0.25, 0.3) is 0 Å². The van der Waals surface area contributed by atoms with Gasteiger partial charge in [-0.15, -0.1) is 11.3 Å². The Labute approximate surface area is 221 Å². The maximum absolute atomic E-state index is 16.1. The second-order valence-corrected chi connectivity index (χ2v) is 10.6. The summed E-state index contributed by atoms with van der Waals surface area (Å²) in [4.78, 5) is 22.4. The van der Waals surface area contributed by atoms with Crippen LogP contribution in [0.25, 0.3) is 10.9 Å². The molecule has 0 radical (unpaired) electrons. The number of carbonyl (C=O) groups is 1. The molecule has 1 aliphatic heterocycles. The standard InChI is InChI=1S/C28H33FN4O3S/c1-32(2)25-19-30-24-9-8-20(36-3)18-22(24)26(25)23(29)10-11-28(27(34)31-35)12-15-33(16-13-28)14-4-6-21-7-5-17-37-21/h5,7-9,17-19,23,35H,10-16H2,1-3H3,(H,31,34)/t23-/m1/s1. The van der Waals surface area contributed by atoms with Crippen molar-refractivity contribution in [2.24, 2.45) is 5.41 Å². The van der Waals surface area contributed by atoms with E-state index in [0.717, 1.165) is 4.88 Å². The van der Waals surface area contributed by atoms with Crippen molar-refractivity contribution in [3.8, 4) is 17.6 Å². The Balaban J connectivity index is 1.50. The van der Waals surface area contributed by atoms with Crippen LogP contribution in [-0.4, -0.2) is 61.8 Å². The predicted octanol–water partition coefficient (Wildman–Crippen LogP) is 4.80. The fraction of sp³-hybridized carbons (Fsp3) is 0.429. The number of hydroxylamine groups is 1. The zero-order valence-electron chi connectivity index (χ0n) is 21.5. The summed E-state index contributed by atoms with van der Waals surface area (Å²) in [5.41, 5.74) is 2.92. The van der Waals surface area contributed by atoms with E-state index in [4.69, 9.17) is 4.74 Å². The SMILES string of the molecule is COc1ccc2ncc(N(C)C)c([C@H](F)CCC3(C(=O)NO)CCN(CC#Cc4cccs4)CC3)c2c1. The maximum atomic E-state index is 16.1. The van der Waals surface area contributed by atoms with Crippen LogP contribution in [-0.2, 0) is 4.79 Å². The largest absolute Gasteiger partial charge is 0.497 e. The highest BCUT2D eigenvalue weighted by Gasteiger charge is 2.41. The Morgan fingerprint density at radius 2 is 2.14 bits per heavy atom. The van der Waals surface area contributed by atoms with E-state index >= 15 is 4.39 Å². The van der Waals surface area contributed by atoms with Crippen LogP contribution in [0.5, 0.6) is 5.75 Å². The number of rotatable bonds is 8. The van der Waals surface area contributed by atoms with Gasteiger partial charge in [-0.05, 0) is 55.3 Å². The van der Waals surface area contributed by atoms with E-state index in [1.807, 2.05) is 54.1 Å². The molecule has 0 saturated carbocycles. The zero-order chi connectivity index (χ0) is 26.4. The van der Waals surface area contributed by atoms with Crippen molar-refractivity contribution in [2.45, 2.75) is 31.9 Å². The molecule has 0 spiro atoms. The Hall–Kier alpha value is -3.19. The highest BCUT2D eigenvalue weighted by Crippen LogP contribution is 2.42. The topological polar surface area (TPSA) is 77.9 Å². The zero-order valence-corrected chi connectivity index (χ0v) is 22.3. The number of ether oxygens (including phenoxy) is 1. The van der Waals surface area contributed by atoms with Gasteiger partial charge in [-0.2, -0.15) is 0 Å². The van der Waals surface area contributed by atoms with E-state index in [1.165, 1.54) is 0 Å². The number of thiophene rings is 1. The molecule has 4 rings (SSSR count). The minimum Gasteiger partial charge on any atom is -0.497 e. The van der Waals surface area contributed by atoms with Gasteiger partial charge in [-0.3, -0.25) is 19.9 Å². The molecule has 0 aliphatic carbocycles. The van der Waals surface area contributed by atoms with Crippen molar-refractivity contribution < 1.29 is 19.1 Å².